The third kappa shape index (κ3) is 2.47. The summed E-state index contributed by atoms with van der Waals surface area (Å²) in [5.74, 6) is 0.454. The van der Waals surface area contributed by atoms with Gasteiger partial charge in [-0.2, -0.15) is 0 Å². The summed E-state index contributed by atoms with van der Waals surface area (Å²) in [5.41, 5.74) is 0. The van der Waals surface area contributed by atoms with Gasteiger partial charge < -0.3 is 1.43 Å². The van der Waals surface area contributed by atoms with Gasteiger partial charge in [-0.05, 0) is 12.8 Å². The average Bonchev–Trinajstić information content (AvgIpc) is 1.86. The number of rotatable bonds is 0. The molecule has 0 unspecified atom stereocenters. The van der Waals surface area contributed by atoms with Gasteiger partial charge in [0.05, 0.1) is 0 Å². The fraction of sp³-hybridized carbons (Fsp3) is 0.800. The summed E-state index contributed by atoms with van der Waals surface area (Å²) in [4.78, 5) is 10.2. The Balaban J connectivity index is 0. The van der Waals surface area contributed by atoms with E-state index in [4.69, 9.17) is 0 Å². The predicted octanol–water partition coefficient (Wildman–Crippen LogP) is -1.75. The minimum Gasteiger partial charge on any atom is -1.00 e. The van der Waals surface area contributed by atoms with Crippen LogP contribution in [0.5, 0.6) is 0 Å². The fourth-order valence-corrected chi connectivity index (χ4v) is 0.769. The third-order valence-corrected chi connectivity index (χ3v) is 1.16. The number of Topliss-reactive ketones (excluding diaryl/α,β-unsaturated/α-hetero) is 1. The molecule has 0 aromatic heterocycles. The molecule has 7 heavy (non-hydrogen) atoms. The summed E-state index contributed by atoms with van der Waals surface area (Å²) in [6.45, 7) is 0. The predicted molar refractivity (Wildman–Crippen MR) is 24.6 cm³/mol. The molecule has 1 rings (SSSR count). The van der Waals surface area contributed by atoms with E-state index in [9.17, 15) is 4.79 Å². The molecule has 0 N–H and O–H groups in total. The summed E-state index contributed by atoms with van der Waals surface area (Å²) in [6, 6.07) is 0. The zero-order valence-electron chi connectivity index (χ0n) is 5.74. The van der Waals surface area contributed by atoms with Gasteiger partial charge in [0.15, 0.2) is 0 Å². The number of carbonyl (C=O) groups excluding carboxylic acids is 1. The SMILES string of the molecule is O=C1CCCC1.[H-].[Na+]. The van der Waals surface area contributed by atoms with E-state index in [2.05, 4.69) is 0 Å². The molecule has 1 nitrogen and oxygen atoms in total. The maximum absolute atomic E-state index is 10.2. The minimum absolute atomic E-state index is 0. The van der Waals surface area contributed by atoms with Crippen molar-refractivity contribution in [1.29, 1.82) is 0 Å². The molecule has 1 aliphatic carbocycles. The molecule has 36 valence electrons. The fourth-order valence-electron chi connectivity index (χ4n) is 0.769. The molecule has 1 saturated carbocycles. The topological polar surface area (TPSA) is 17.1 Å². The van der Waals surface area contributed by atoms with Gasteiger partial charge in [-0.15, -0.1) is 0 Å². The first kappa shape index (κ1) is 7.67. The van der Waals surface area contributed by atoms with E-state index in [0.29, 0.717) is 5.78 Å². The Morgan fingerprint density at radius 3 is 1.86 bits per heavy atom. The molecule has 0 aromatic rings. The number of carbonyl (C=O) groups is 1. The second kappa shape index (κ2) is 3.65. The Bertz CT molecular complexity index is 66.8. The van der Waals surface area contributed by atoms with Crippen LogP contribution in [0.1, 0.15) is 27.1 Å². The molecule has 1 fully saturated rings. The molecular formula is C5H9NaO. The van der Waals surface area contributed by atoms with Gasteiger partial charge in [0.25, 0.3) is 0 Å². The van der Waals surface area contributed by atoms with Crippen LogP contribution in [0.2, 0.25) is 0 Å². The summed E-state index contributed by atoms with van der Waals surface area (Å²) in [5, 5.41) is 0. The molecular weight excluding hydrogens is 99.0 g/mol. The number of hydrogen-bond acceptors (Lipinski definition) is 1. The standard InChI is InChI=1S/C5H8O.Na.H/c6-5-3-1-2-4-5;;/h1-4H2;;/q;+1;-1. The van der Waals surface area contributed by atoms with Gasteiger partial charge in [-0.25, -0.2) is 0 Å². The molecule has 1 aliphatic rings. The Morgan fingerprint density at radius 1 is 1.29 bits per heavy atom. The average molecular weight is 108 g/mol. The van der Waals surface area contributed by atoms with Crippen LogP contribution in [0.3, 0.4) is 0 Å². The second-order valence-electron chi connectivity index (χ2n) is 1.75. The van der Waals surface area contributed by atoms with Gasteiger partial charge in [0, 0.05) is 12.8 Å². The second-order valence-corrected chi connectivity index (χ2v) is 1.75. The summed E-state index contributed by atoms with van der Waals surface area (Å²) < 4.78 is 0. The monoisotopic (exact) mass is 108 g/mol. The maximum atomic E-state index is 10.2. The summed E-state index contributed by atoms with van der Waals surface area (Å²) >= 11 is 0. The van der Waals surface area contributed by atoms with Crippen LogP contribution in [0.15, 0.2) is 0 Å². The van der Waals surface area contributed by atoms with Crippen LogP contribution in [-0.2, 0) is 4.79 Å². The van der Waals surface area contributed by atoms with Gasteiger partial charge >= 0.3 is 29.6 Å². The van der Waals surface area contributed by atoms with E-state index in [0.717, 1.165) is 25.7 Å². The molecule has 0 atom stereocenters. The van der Waals surface area contributed by atoms with Crippen molar-refractivity contribution in [2.75, 3.05) is 0 Å². The first-order chi connectivity index (χ1) is 2.89. The molecule has 0 bridgehead atoms. The maximum Gasteiger partial charge on any atom is 1.00 e. The van der Waals surface area contributed by atoms with Crippen molar-refractivity contribution >= 4 is 5.78 Å². The van der Waals surface area contributed by atoms with Crippen LogP contribution in [-0.4, -0.2) is 5.78 Å². The van der Waals surface area contributed by atoms with Crippen molar-refractivity contribution in [3.63, 3.8) is 0 Å². The Kier molecular flexibility index (Phi) is 3.99. The van der Waals surface area contributed by atoms with E-state index in [1.807, 2.05) is 0 Å². The molecule has 0 aliphatic heterocycles. The molecule has 0 radical (unpaired) electrons. The van der Waals surface area contributed by atoms with E-state index in [1.165, 1.54) is 0 Å². The zero-order valence-corrected chi connectivity index (χ0v) is 6.74. The van der Waals surface area contributed by atoms with Gasteiger partial charge in [0.2, 0.25) is 0 Å². The van der Waals surface area contributed by atoms with Crippen LogP contribution >= 0.6 is 0 Å². The Hall–Kier alpha value is 0.670. The molecule has 0 amide bonds. The Labute approximate surface area is 67.3 Å². The van der Waals surface area contributed by atoms with Crippen molar-refractivity contribution in [3.8, 4) is 0 Å². The van der Waals surface area contributed by atoms with Crippen LogP contribution in [0.4, 0.5) is 0 Å². The van der Waals surface area contributed by atoms with Crippen LogP contribution in [0, 0.1) is 0 Å². The van der Waals surface area contributed by atoms with Crippen molar-refractivity contribution in [2.24, 2.45) is 0 Å². The smallest absolute Gasteiger partial charge is 1.00 e. The number of ketones is 1. The molecule has 2 heteroatoms. The van der Waals surface area contributed by atoms with Gasteiger partial charge in [0.1, 0.15) is 5.78 Å². The Morgan fingerprint density at radius 2 is 1.71 bits per heavy atom. The van der Waals surface area contributed by atoms with E-state index in [1.54, 1.807) is 0 Å². The number of hydrogen-bond donors (Lipinski definition) is 0. The molecule has 0 aromatic carbocycles. The zero-order chi connectivity index (χ0) is 4.41. The summed E-state index contributed by atoms with van der Waals surface area (Å²) in [7, 11) is 0. The normalized spacial score (nSPS) is 19.1. The summed E-state index contributed by atoms with van der Waals surface area (Å²) in [6.07, 6.45) is 3.97. The first-order valence-corrected chi connectivity index (χ1v) is 2.41. The van der Waals surface area contributed by atoms with Crippen molar-refractivity contribution in [3.05, 3.63) is 0 Å². The minimum atomic E-state index is 0. The van der Waals surface area contributed by atoms with Crippen LogP contribution in [0.25, 0.3) is 0 Å². The molecule has 0 spiro atoms. The van der Waals surface area contributed by atoms with E-state index in [-0.39, 0.29) is 31.0 Å². The van der Waals surface area contributed by atoms with Crippen molar-refractivity contribution < 1.29 is 35.8 Å². The molecule has 0 saturated heterocycles. The quantitative estimate of drug-likeness (QED) is 0.336. The van der Waals surface area contributed by atoms with Crippen molar-refractivity contribution in [1.82, 2.24) is 0 Å². The largest absolute Gasteiger partial charge is 1.00 e. The van der Waals surface area contributed by atoms with E-state index < -0.39 is 0 Å². The molecule has 0 heterocycles. The van der Waals surface area contributed by atoms with Crippen LogP contribution < -0.4 is 29.6 Å². The third-order valence-electron chi connectivity index (χ3n) is 1.16. The van der Waals surface area contributed by atoms with Crippen molar-refractivity contribution in [2.45, 2.75) is 25.7 Å². The first-order valence-electron chi connectivity index (χ1n) is 2.41. The van der Waals surface area contributed by atoms with Gasteiger partial charge in [-0.1, -0.05) is 0 Å². The van der Waals surface area contributed by atoms with Gasteiger partial charge in [-0.3, -0.25) is 4.79 Å². The van der Waals surface area contributed by atoms with E-state index >= 15 is 0 Å².